The molecule has 1 aromatic carbocycles. The van der Waals surface area contributed by atoms with Gasteiger partial charge in [0.15, 0.2) is 0 Å². The molecule has 0 bridgehead atoms. The Kier molecular flexibility index (Phi) is 5.77. The van der Waals surface area contributed by atoms with Crippen molar-refractivity contribution in [3.8, 4) is 0 Å². The van der Waals surface area contributed by atoms with E-state index in [-0.39, 0.29) is 29.1 Å². The molecule has 1 aliphatic carbocycles. The van der Waals surface area contributed by atoms with Crippen molar-refractivity contribution in [1.29, 1.82) is 0 Å². The predicted octanol–water partition coefficient (Wildman–Crippen LogP) is 3.85. The van der Waals surface area contributed by atoms with Crippen LogP contribution in [0.5, 0.6) is 0 Å². The maximum atomic E-state index is 13.0. The Bertz CT molecular complexity index is 896. The zero-order chi connectivity index (χ0) is 21.5. The predicted molar refractivity (Wildman–Crippen MR) is 114 cm³/mol. The van der Waals surface area contributed by atoms with Gasteiger partial charge in [-0.2, -0.15) is 0 Å². The number of hydrogen-bond acceptors (Lipinski definition) is 4. The van der Waals surface area contributed by atoms with Crippen LogP contribution in [0.2, 0.25) is 5.02 Å². The number of halogens is 1. The largest absolute Gasteiger partial charge is 0.397 e. The minimum Gasteiger partial charge on any atom is -0.397 e. The number of nitrogen functional groups attached to an aromatic ring is 1. The molecule has 1 heterocycles. The molecular formula is C22H28ClN3O3. The molecule has 1 aliphatic heterocycles. The third-order valence-electron chi connectivity index (χ3n) is 6.70. The molecule has 29 heavy (non-hydrogen) atoms. The summed E-state index contributed by atoms with van der Waals surface area (Å²) in [6.07, 6.45) is 4.08. The van der Waals surface area contributed by atoms with Crippen molar-refractivity contribution in [3.63, 3.8) is 0 Å². The van der Waals surface area contributed by atoms with Gasteiger partial charge in [-0.3, -0.25) is 14.4 Å². The molecule has 0 fully saturated rings. The highest BCUT2D eigenvalue weighted by atomic mass is 35.5. The van der Waals surface area contributed by atoms with E-state index in [1.165, 1.54) is 0 Å². The number of nitrogens with two attached hydrogens (primary N) is 2. The van der Waals surface area contributed by atoms with Crippen LogP contribution in [-0.2, 0) is 19.8 Å². The van der Waals surface area contributed by atoms with Gasteiger partial charge in [-0.05, 0) is 50.2 Å². The normalized spacial score (nSPS) is 19.9. The van der Waals surface area contributed by atoms with E-state index in [4.69, 9.17) is 23.1 Å². The van der Waals surface area contributed by atoms with Gasteiger partial charge in [-0.15, -0.1) is 0 Å². The van der Waals surface area contributed by atoms with Crippen LogP contribution in [0, 0.1) is 5.92 Å². The van der Waals surface area contributed by atoms with Crippen molar-refractivity contribution in [2.24, 2.45) is 11.7 Å². The first-order chi connectivity index (χ1) is 13.7. The second-order valence-corrected chi connectivity index (χ2v) is 8.37. The van der Waals surface area contributed by atoms with Gasteiger partial charge in [0.1, 0.15) is 0 Å². The maximum Gasteiger partial charge on any atom is 0.261 e. The molecule has 4 N–H and O–H groups in total. The summed E-state index contributed by atoms with van der Waals surface area (Å²) in [6.45, 7) is 5.77. The number of nitrogens with zero attached hydrogens (tertiary/aromatic N) is 1. The molecule has 6 nitrogen and oxygen atoms in total. The first-order valence-corrected chi connectivity index (χ1v) is 10.6. The van der Waals surface area contributed by atoms with Crippen LogP contribution < -0.4 is 16.4 Å². The molecule has 1 aromatic rings. The van der Waals surface area contributed by atoms with Gasteiger partial charge in [-0.1, -0.05) is 38.8 Å². The number of benzene rings is 1. The summed E-state index contributed by atoms with van der Waals surface area (Å²) < 4.78 is 0. The summed E-state index contributed by atoms with van der Waals surface area (Å²) >= 11 is 6.52. The van der Waals surface area contributed by atoms with Crippen molar-refractivity contribution in [3.05, 3.63) is 33.9 Å². The lowest BCUT2D eigenvalue weighted by atomic mass is 9.66. The smallest absolute Gasteiger partial charge is 0.261 e. The molecule has 2 unspecified atom stereocenters. The fourth-order valence-electron chi connectivity index (χ4n) is 4.85. The zero-order valence-corrected chi connectivity index (χ0v) is 17.9. The number of carbonyl (C=O) groups excluding carboxylic acids is 3. The Morgan fingerprint density at radius 2 is 1.72 bits per heavy atom. The first kappa shape index (κ1) is 21.4. The second-order valence-electron chi connectivity index (χ2n) is 7.96. The molecule has 3 amide bonds. The minimum absolute atomic E-state index is 0.128. The topological polar surface area (TPSA) is 106 Å². The molecule has 0 saturated heterocycles. The highest BCUT2D eigenvalue weighted by molar-refractivity contribution is 6.35. The number of hydrogen-bond donors (Lipinski definition) is 2. The lowest BCUT2D eigenvalue weighted by Gasteiger charge is -2.38. The van der Waals surface area contributed by atoms with Crippen LogP contribution in [-0.4, -0.2) is 17.7 Å². The van der Waals surface area contributed by atoms with Gasteiger partial charge < -0.3 is 11.5 Å². The van der Waals surface area contributed by atoms with Gasteiger partial charge >= 0.3 is 0 Å². The van der Waals surface area contributed by atoms with Crippen LogP contribution >= 0.6 is 11.6 Å². The minimum atomic E-state index is -1.09. The van der Waals surface area contributed by atoms with Crippen LogP contribution in [0.25, 0.3) is 0 Å². The second kappa shape index (κ2) is 7.82. The van der Waals surface area contributed by atoms with Gasteiger partial charge in [0.05, 0.1) is 16.8 Å². The van der Waals surface area contributed by atoms with E-state index in [0.29, 0.717) is 47.4 Å². The summed E-state index contributed by atoms with van der Waals surface area (Å²) in [5, 5.41) is 0.309. The molecule has 0 spiro atoms. The Hall–Kier alpha value is -2.34. The molecule has 7 heteroatoms. The monoisotopic (exact) mass is 417 g/mol. The molecule has 0 aromatic heterocycles. The summed E-state index contributed by atoms with van der Waals surface area (Å²) in [7, 11) is 0. The molecule has 3 rings (SSSR count). The molecular weight excluding hydrogens is 390 g/mol. The van der Waals surface area contributed by atoms with Crippen LogP contribution in [0.4, 0.5) is 11.4 Å². The van der Waals surface area contributed by atoms with E-state index in [1.807, 2.05) is 20.8 Å². The average molecular weight is 418 g/mol. The van der Waals surface area contributed by atoms with Crippen LogP contribution in [0.3, 0.4) is 0 Å². The molecule has 2 atom stereocenters. The third kappa shape index (κ3) is 3.05. The summed E-state index contributed by atoms with van der Waals surface area (Å²) in [5.41, 5.74) is 13.3. The third-order valence-corrected chi connectivity index (χ3v) is 7.01. The van der Waals surface area contributed by atoms with Crippen LogP contribution in [0.15, 0.2) is 23.3 Å². The fraction of sp³-hybridized carbons (Fsp3) is 0.500. The quantitative estimate of drug-likeness (QED) is 0.541. The van der Waals surface area contributed by atoms with E-state index in [1.54, 1.807) is 12.1 Å². The number of imide groups is 1. The highest BCUT2D eigenvalue weighted by Crippen LogP contribution is 2.48. The lowest BCUT2D eigenvalue weighted by molar-refractivity contribution is -0.125. The highest BCUT2D eigenvalue weighted by Gasteiger charge is 2.46. The molecule has 0 radical (unpaired) electrons. The van der Waals surface area contributed by atoms with Gasteiger partial charge in [0.25, 0.3) is 11.8 Å². The number of primary amides is 1. The van der Waals surface area contributed by atoms with Crippen molar-refractivity contribution >= 4 is 40.7 Å². The standard InChI is InChI=1S/C22H28ClN3O3/c1-4-12(3)22(5-2,21(25)29)17-15(23)10-11-16(18(17)24)26-19(27)13-8-6-7-9-14(13)20(26)28/h10-12H,4-9,24H2,1-3H3,(H2,25,29). The van der Waals surface area contributed by atoms with E-state index >= 15 is 0 Å². The van der Waals surface area contributed by atoms with E-state index < -0.39 is 11.3 Å². The number of amides is 3. The Morgan fingerprint density at radius 3 is 2.17 bits per heavy atom. The summed E-state index contributed by atoms with van der Waals surface area (Å²) in [5.74, 6) is -1.29. The van der Waals surface area contributed by atoms with Crippen molar-refractivity contribution in [2.75, 3.05) is 10.6 Å². The zero-order valence-electron chi connectivity index (χ0n) is 17.2. The van der Waals surface area contributed by atoms with Crippen molar-refractivity contribution in [1.82, 2.24) is 0 Å². The van der Waals surface area contributed by atoms with Crippen molar-refractivity contribution in [2.45, 2.75) is 64.7 Å². The lowest BCUT2D eigenvalue weighted by Crippen LogP contribution is -2.47. The fourth-order valence-corrected chi connectivity index (χ4v) is 5.18. The van der Waals surface area contributed by atoms with E-state index in [0.717, 1.165) is 17.7 Å². The Balaban J connectivity index is 2.20. The van der Waals surface area contributed by atoms with Crippen LogP contribution in [0.1, 0.15) is 64.9 Å². The number of rotatable bonds is 6. The van der Waals surface area contributed by atoms with Gasteiger partial charge in [-0.25, -0.2) is 4.90 Å². The number of anilines is 2. The van der Waals surface area contributed by atoms with Gasteiger partial charge in [0, 0.05) is 21.7 Å². The molecule has 0 saturated carbocycles. The maximum absolute atomic E-state index is 13.0. The Morgan fingerprint density at radius 1 is 1.17 bits per heavy atom. The Labute approximate surface area is 176 Å². The van der Waals surface area contributed by atoms with E-state index in [9.17, 15) is 14.4 Å². The average Bonchev–Trinajstić information content (AvgIpc) is 2.95. The SMILES string of the molecule is CCC(C)C(CC)(C(N)=O)c1c(Cl)ccc(N2C(=O)C3=C(CCCC3)C2=O)c1N. The molecule has 2 aliphatic rings. The van der Waals surface area contributed by atoms with Crippen molar-refractivity contribution < 1.29 is 14.4 Å². The first-order valence-electron chi connectivity index (χ1n) is 10.2. The van der Waals surface area contributed by atoms with Gasteiger partial charge in [0.2, 0.25) is 5.91 Å². The molecule has 156 valence electrons. The number of carbonyl (C=O) groups is 3. The summed E-state index contributed by atoms with van der Waals surface area (Å²) in [6, 6.07) is 3.17. The summed E-state index contributed by atoms with van der Waals surface area (Å²) in [4.78, 5) is 39.8. The van der Waals surface area contributed by atoms with E-state index in [2.05, 4.69) is 0 Å².